The number of nitrogens with one attached hydrogen (secondary N) is 1. The summed E-state index contributed by atoms with van der Waals surface area (Å²) in [7, 11) is 0. The summed E-state index contributed by atoms with van der Waals surface area (Å²) in [5, 5.41) is 2.97. The molecule has 1 heterocycles. The van der Waals surface area contributed by atoms with E-state index in [9.17, 15) is 4.79 Å². The van der Waals surface area contributed by atoms with E-state index in [1.165, 1.54) is 10.5 Å². The van der Waals surface area contributed by atoms with Crippen molar-refractivity contribution >= 4 is 17.7 Å². The minimum atomic E-state index is -0.433. The molecule has 3 N–H and O–H groups in total. The number of thioether (sulfide) groups is 1. The minimum absolute atomic E-state index is 0.0606. The van der Waals surface area contributed by atoms with Gasteiger partial charge in [-0.2, -0.15) is 0 Å². The smallest absolute Gasteiger partial charge is 0.237 e. The maximum Gasteiger partial charge on any atom is 0.237 e. The van der Waals surface area contributed by atoms with Gasteiger partial charge in [-0.15, -0.1) is 11.8 Å². The van der Waals surface area contributed by atoms with Crippen LogP contribution in [-0.2, 0) is 16.1 Å². The van der Waals surface area contributed by atoms with Crippen molar-refractivity contribution in [3.8, 4) is 0 Å². The maximum absolute atomic E-state index is 12.2. The third-order valence-electron chi connectivity index (χ3n) is 3.97. The third-order valence-corrected chi connectivity index (χ3v) is 4.79. The Kier molecular flexibility index (Phi) is 6.08. The van der Waals surface area contributed by atoms with Gasteiger partial charge in [-0.25, -0.2) is 0 Å². The van der Waals surface area contributed by atoms with Gasteiger partial charge in [-0.1, -0.05) is 12.1 Å². The number of hydrogen-bond acceptors (Lipinski definition) is 4. The first kappa shape index (κ1) is 16.3. The zero-order chi connectivity index (χ0) is 15.2. The second-order valence-corrected chi connectivity index (χ2v) is 6.36. The number of hydrogen-bond donors (Lipinski definition) is 2. The lowest BCUT2D eigenvalue weighted by atomic mass is 9.92. The molecule has 21 heavy (non-hydrogen) atoms. The van der Waals surface area contributed by atoms with E-state index in [0.29, 0.717) is 19.8 Å². The Bertz CT molecular complexity index is 487. The zero-order valence-electron chi connectivity index (χ0n) is 12.7. The number of carbonyl (C=O) groups excluding carboxylic acids is 1. The normalized spacial score (nSPS) is 17.5. The fourth-order valence-electron chi connectivity index (χ4n) is 2.59. The number of benzene rings is 1. The Morgan fingerprint density at radius 3 is 2.86 bits per heavy atom. The van der Waals surface area contributed by atoms with Crippen molar-refractivity contribution in [2.24, 2.45) is 11.7 Å². The molecule has 1 amide bonds. The minimum Gasteiger partial charge on any atom is -0.381 e. The lowest BCUT2D eigenvalue weighted by molar-refractivity contribution is -0.124. The topological polar surface area (TPSA) is 64.4 Å². The Labute approximate surface area is 130 Å². The van der Waals surface area contributed by atoms with Crippen molar-refractivity contribution in [3.05, 3.63) is 29.3 Å². The summed E-state index contributed by atoms with van der Waals surface area (Å²) in [6.45, 7) is 4.02. The molecular weight excluding hydrogens is 284 g/mol. The molecule has 0 radical (unpaired) electrons. The molecule has 1 aliphatic heterocycles. The highest BCUT2D eigenvalue weighted by Gasteiger charge is 2.26. The van der Waals surface area contributed by atoms with Crippen LogP contribution in [-0.4, -0.2) is 31.4 Å². The summed E-state index contributed by atoms with van der Waals surface area (Å²) in [5.74, 6) is 0.173. The molecule has 1 unspecified atom stereocenters. The average molecular weight is 308 g/mol. The van der Waals surface area contributed by atoms with Crippen LogP contribution in [0, 0.1) is 12.8 Å². The molecule has 0 bridgehead atoms. The van der Waals surface area contributed by atoms with Crippen molar-refractivity contribution < 1.29 is 9.53 Å². The van der Waals surface area contributed by atoms with Gasteiger partial charge in [0.2, 0.25) is 5.91 Å². The highest BCUT2D eigenvalue weighted by Crippen LogP contribution is 2.22. The van der Waals surface area contributed by atoms with E-state index in [-0.39, 0.29) is 11.8 Å². The highest BCUT2D eigenvalue weighted by atomic mass is 32.2. The quantitative estimate of drug-likeness (QED) is 0.818. The molecule has 0 saturated carbocycles. The van der Waals surface area contributed by atoms with Crippen LogP contribution in [0.2, 0.25) is 0 Å². The van der Waals surface area contributed by atoms with Crippen molar-refractivity contribution in [2.45, 2.75) is 37.2 Å². The molecule has 1 fully saturated rings. The first-order valence-electron chi connectivity index (χ1n) is 7.36. The zero-order valence-corrected chi connectivity index (χ0v) is 13.5. The molecule has 1 saturated heterocycles. The van der Waals surface area contributed by atoms with Crippen LogP contribution in [0.3, 0.4) is 0 Å². The average Bonchev–Trinajstić information content (AvgIpc) is 2.53. The SMILES string of the molecule is CSc1cc(C)ccc1CNC(=O)C(N)C1CCOCC1. The number of amides is 1. The molecule has 1 aliphatic rings. The van der Waals surface area contributed by atoms with Crippen molar-refractivity contribution in [1.82, 2.24) is 5.32 Å². The fourth-order valence-corrected chi connectivity index (χ4v) is 3.29. The van der Waals surface area contributed by atoms with Gasteiger partial charge in [-0.05, 0) is 49.1 Å². The molecule has 116 valence electrons. The molecule has 0 aromatic heterocycles. The van der Waals surface area contributed by atoms with E-state index < -0.39 is 6.04 Å². The summed E-state index contributed by atoms with van der Waals surface area (Å²) in [6, 6.07) is 5.85. The second kappa shape index (κ2) is 7.82. The van der Waals surface area contributed by atoms with Gasteiger partial charge in [-0.3, -0.25) is 4.79 Å². The number of carbonyl (C=O) groups is 1. The number of nitrogens with two attached hydrogens (primary N) is 1. The van der Waals surface area contributed by atoms with Crippen LogP contribution in [0.25, 0.3) is 0 Å². The van der Waals surface area contributed by atoms with Crippen LogP contribution in [0.15, 0.2) is 23.1 Å². The maximum atomic E-state index is 12.2. The Morgan fingerprint density at radius 1 is 1.48 bits per heavy atom. The Balaban J connectivity index is 1.91. The Morgan fingerprint density at radius 2 is 2.19 bits per heavy atom. The third kappa shape index (κ3) is 4.46. The molecular formula is C16H24N2O2S. The first-order chi connectivity index (χ1) is 10.1. The van der Waals surface area contributed by atoms with E-state index in [4.69, 9.17) is 10.5 Å². The van der Waals surface area contributed by atoms with E-state index >= 15 is 0 Å². The van der Waals surface area contributed by atoms with Gasteiger partial charge in [0.15, 0.2) is 0 Å². The highest BCUT2D eigenvalue weighted by molar-refractivity contribution is 7.98. The lowest BCUT2D eigenvalue weighted by Gasteiger charge is -2.26. The van der Waals surface area contributed by atoms with Crippen LogP contribution >= 0.6 is 11.8 Å². The van der Waals surface area contributed by atoms with Crippen LogP contribution in [0.5, 0.6) is 0 Å². The van der Waals surface area contributed by atoms with E-state index in [1.807, 2.05) is 6.26 Å². The van der Waals surface area contributed by atoms with Gasteiger partial charge in [0.1, 0.15) is 0 Å². The fraction of sp³-hybridized carbons (Fsp3) is 0.562. The molecule has 2 rings (SSSR count). The van der Waals surface area contributed by atoms with E-state index in [2.05, 4.69) is 30.4 Å². The van der Waals surface area contributed by atoms with Crippen molar-refractivity contribution in [2.75, 3.05) is 19.5 Å². The second-order valence-electron chi connectivity index (χ2n) is 5.51. The van der Waals surface area contributed by atoms with Gasteiger partial charge in [0, 0.05) is 24.7 Å². The summed E-state index contributed by atoms with van der Waals surface area (Å²) in [5.41, 5.74) is 8.45. The summed E-state index contributed by atoms with van der Waals surface area (Å²) in [6.07, 6.45) is 3.79. The molecule has 4 nitrogen and oxygen atoms in total. The molecule has 1 atom stereocenters. The monoisotopic (exact) mass is 308 g/mol. The summed E-state index contributed by atoms with van der Waals surface area (Å²) >= 11 is 1.70. The molecule has 5 heteroatoms. The first-order valence-corrected chi connectivity index (χ1v) is 8.59. The molecule has 1 aromatic carbocycles. The predicted octanol–water partition coefficient (Wildman–Crippen LogP) is 2.09. The number of aryl methyl sites for hydroxylation is 1. The Hall–Kier alpha value is -1.04. The summed E-state index contributed by atoms with van der Waals surface area (Å²) < 4.78 is 5.31. The van der Waals surface area contributed by atoms with Gasteiger partial charge < -0.3 is 15.8 Å². The van der Waals surface area contributed by atoms with Crippen LogP contribution in [0.1, 0.15) is 24.0 Å². The van der Waals surface area contributed by atoms with Crippen molar-refractivity contribution in [1.29, 1.82) is 0 Å². The number of rotatable bonds is 5. The van der Waals surface area contributed by atoms with Gasteiger partial charge in [0.25, 0.3) is 0 Å². The van der Waals surface area contributed by atoms with Crippen molar-refractivity contribution in [3.63, 3.8) is 0 Å². The van der Waals surface area contributed by atoms with E-state index in [1.54, 1.807) is 11.8 Å². The standard InChI is InChI=1S/C16H24N2O2S/c1-11-3-4-13(14(9-11)21-2)10-18-16(19)15(17)12-5-7-20-8-6-12/h3-4,9,12,15H,5-8,10,17H2,1-2H3,(H,18,19). The summed E-state index contributed by atoms with van der Waals surface area (Å²) in [4.78, 5) is 13.4. The van der Waals surface area contributed by atoms with Crippen LogP contribution in [0.4, 0.5) is 0 Å². The predicted molar refractivity (Wildman–Crippen MR) is 86.3 cm³/mol. The molecule has 0 aliphatic carbocycles. The number of ether oxygens (including phenoxy) is 1. The largest absolute Gasteiger partial charge is 0.381 e. The lowest BCUT2D eigenvalue weighted by Crippen LogP contribution is -2.46. The molecule has 0 spiro atoms. The van der Waals surface area contributed by atoms with Gasteiger partial charge >= 0.3 is 0 Å². The van der Waals surface area contributed by atoms with Crippen LogP contribution < -0.4 is 11.1 Å². The van der Waals surface area contributed by atoms with Gasteiger partial charge in [0.05, 0.1) is 6.04 Å². The molecule has 1 aromatic rings. The van der Waals surface area contributed by atoms with E-state index in [0.717, 1.165) is 18.4 Å².